The Morgan fingerprint density at radius 1 is 1.29 bits per heavy atom. The van der Waals surface area contributed by atoms with E-state index in [0.29, 0.717) is 17.5 Å². The van der Waals surface area contributed by atoms with Crippen molar-refractivity contribution in [2.24, 2.45) is 11.8 Å². The lowest BCUT2D eigenvalue weighted by molar-refractivity contribution is -0.384. The number of amides is 2. The summed E-state index contributed by atoms with van der Waals surface area (Å²) in [4.78, 5) is 24.2. The van der Waals surface area contributed by atoms with E-state index in [0.717, 1.165) is 32.6 Å². The van der Waals surface area contributed by atoms with Crippen molar-refractivity contribution in [2.45, 2.75) is 6.42 Å². The van der Waals surface area contributed by atoms with E-state index in [4.69, 9.17) is 0 Å². The fourth-order valence-corrected chi connectivity index (χ4v) is 3.11. The van der Waals surface area contributed by atoms with Gasteiger partial charge in [-0.1, -0.05) is 0 Å². The number of nitro benzene ring substituents is 1. The lowest BCUT2D eigenvalue weighted by Gasteiger charge is -2.23. The summed E-state index contributed by atoms with van der Waals surface area (Å²) in [6.45, 7) is 3.58. The number of likely N-dealkylation sites (tertiary alicyclic amines) is 1. The molecular weight excluding hydrogens is 272 g/mol. The Bertz CT molecular complexity index is 532. The third-order valence-corrected chi connectivity index (χ3v) is 4.29. The highest BCUT2D eigenvalue weighted by Crippen LogP contribution is 2.28. The molecule has 0 bridgehead atoms. The molecule has 3 rings (SSSR count). The van der Waals surface area contributed by atoms with Gasteiger partial charge in [0.1, 0.15) is 0 Å². The van der Waals surface area contributed by atoms with E-state index in [1.165, 1.54) is 12.1 Å². The molecule has 2 aliphatic heterocycles. The molecule has 0 aliphatic carbocycles. The number of benzene rings is 1. The summed E-state index contributed by atoms with van der Waals surface area (Å²) in [5, 5.41) is 16.8. The molecule has 2 N–H and O–H groups in total. The van der Waals surface area contributed by atoms with Crippen LogP contribution in [-0.4, -0.2) is 42.0 Å². The van der Waals surface area contributed by atoms with Crippen LogP contribution < -0.4 is 10.6 Å². The van der Waals surface area contributed by atoms with Gasteiger partial charge in [0, 0.05) is 30.9 Å². The molecule has 2 unspecified atom stereocenters. The zero-order valence-electron chi connectivity index (χ0n) is 11.6. The van der Waals surface area contributed by atoms with E-state index in [9.17, 15) is 14.9 Å². The van der Waals surface area contributed by atoms with Crippen molar-refractivity contribution in [1.29, 1.82) is 0 Å². The van der Waals surface area contributed by atoms with Crippen molar-refractivity contribution in [1.82, 2.24) is 10.2 Å². The molecule has 2 aliphatic rings. The van der Waals surface area contributed by atoms with Crippen LogP contribution in [0.2, 0.25) is 0 Å². The van der Waals surface area contributed by atoms with E-state index in [2.05, 4.69) is 10.6 Å². The van der Waals surface area contributed by atoms with Crippen LogP contribution in [0.1, 0.15) is 6.42 Å². The van der Waals surface area contributed by atoms with Gasteiger partial charge >= 0.3 is 6.03 Å². The summed E-state index contributed by atoms with van der Waals surface area (Å²) in [5.41, 5.74) is 0.602. The minimum absolute atomic E-state index is 0.0197. The SMILES string of the molecule is O=C(Nc1ccc([N+](=O)[O-])cc1)N1CC2CCNCC2C1. The molecule has 0 saturated carbocycles. The van der Waals surface area contributed by atoms with Gasteiger partial charge in [-0.25, -0.2) is 4.79 Å². The zero-order valence-corrected chi connectivity index (χ0v) is 11.6. The largest absolute Gasteiger partial charge is 0.324 e. The maximum absolute atomic E-state index is 12.2. The molecule has 0 aromatic heterocycles. The molecule has 2 heterocycles. The lowest BCUT2D eigenvalue weighted by atomic mass is 9.90. The van der Waals surface area contributed by atoms with Crippen LogP contribution in [0.15, 0.2) is 24.3 Å². The maximum Gasteiger partial charge on any atom is 0.321 e. The molecule has 7 nitrogen and oxygen atoms in total. The van der Waals surface area contributed by atoms with Crippen LogP contribution in [0.4, 0.5) is 16.2 Å². The number of non-ortho nitro benzene ring substituents is 1. The number of nitrogens with zero attached hydrogens (tertiary/aromatic N) is 2. The second kappa shape index (κ2) is 5.69. The first kappa shape index (κ1) is 13.8. The molecule has 2 atom stereocenters. The van der Waals surface area contributed by atoms with Crippen molar-refractivity contribution in [3.8, 4) is 0 Å². The van der Waals surface area contributed by atoms with Crippen LogP contribution in [0.3, 0.4) is 0 Å². The van der Waals surface area contributed by atoms with Crippen LogP contribution >= 0.6 is 0 Å². The van der Waals surface area contributed by atoms with E-state index in [1.807, 2.05) is 4.90 Å². The molecule has 1 aromatic rings. The average Bonchev–Trinajstić information content (AvgIpc) is 2.92. The van der Waals surface area contributed by atoms with Crippen LogP contribution in [0.5, 0.6) is 0 Å². The summed E-state index contributed by atoms with van der Waals surface area (Å²) in [6.07, 6.45) is 1.12. The first-order valence-corrected chi connectivity index (χ1v) is 7.14. The number of anilines is 1. The van der Waals surface area contributed by atoms with E-state index in [-0.39, 0.29) is 11.7 Å². The smallest absolute Gasteiger partial charge is 0.321 e. The average molecular weight is 290 g/mol. The fourth-order valence-electron chi connectivity index (χ4n) is 3.11. The van der Waals surface area contributed by atoms with Crippen molar-refractivity contribution in [3.63, 3.8) is 0 Å². The summed E-state index contributed by atoms with van der Waals surface area (Å²) in [7, 11) is 0. The fraction of sp³-hybridized carbons (Fsp3) is 0.500. The van der Waals surface area contributed by atoms with E-state index < -0.39 is 4.92 Å². The molecule has 1 aromatic carbocycles. The molecule has 2 saturated heterocycles. The topological polar surface area (TPSA) is 87.5 Å². The molecule has 0 spiro atoms. The molecule has 21 heavy (non-hydrogen) atoms. The number of urea groups is 1. The third-order valence-electron chi connectivity index (χ3n) is 4.29. The van der Waals surface area contributed by atoms with Crippen molar-refractivity contribution >= 4 is 17.4 Å². The third kappa shape index (κ3) is 2.97. The minimum Gasteiger partial charge on any atom is -0.324 e. The van der Waals surface area contributed by atoms with Crippen molar-refractivity contribution in [2.75, 3.05) is 31.5 Å². The summed E-state index contributed by atoms with van der Waals surface area (Å²) in [6, 6.07) is 5.77. The number of piperidine rings is 1. The zero-order chi connectivity index (χ0) is 14.8. The quantitative estimate of drug-likeness (QED) is 0.640. The monoisotopic (exact) mass is 290 g/mol. The number of nitrogens with one attached hydrogen (secondary N) is 2. The molecule has 0 radical (unpaired) electrons. The highest BCUT2D eigenvalue weighted by molar-refractivity contribution is 5.89. The van der Waals surface area contributed by atoms with E-state index in [1.54, 1.807) is 12.1 Å². The maximum atomic E-state index is 12.2. The Balaban J connectivity index is 1.60. The summed E-state index contributed by atoms with van der Waals surface area (Å²) >= 11 is 0. The van der Waals surface area contributed by atoms with Crippen LogP contribution in [0.25, 0.3) is 0 Å². The molecule has 7 heteroatoms. The van der Waals surface area contributed by atoms with Gasteiger partial charge in [-0.05, 0) is 43.5 Å². The predicted octanol–water partition coefficient (Wildman–Crippen LogP) is 1.67. The number of hydrogen-bond donors (Lipinski definition) is 2. The number of rotatable bonds is 2. The highest BCUT2D eigenvalue weighted by atomic mass is 16.6. The van der Waals surface area contributed by atoms with Gasteiger partial charge < -0.3 is 15.5 Å². The second-order valence-electron chi connectivity index (χ2n) is 5.65. The van der Waals surface area contributed by atoms with Gasteiger partial charge in [-0.3, -0.25) is 10.1 Å². The molecule has 2 fully saturated rings. The van der Waals surface area contributed by atoms with E-state index >= 15 is 0 Å². The van der Waals surface area contributed by atoms with Gasteiger partial charge in [-0.15, -0.1) is 0 Å². The standard InChI is InChI=1S/C14H18N4O3/c19-14(16-12-1-3-13(4-2-12)18(20)21)17-8-10-5-6-15-7-11(10)9-17/h1-4,10-11,15H,5-9H2,(H,16,19). The Kier molecular flexibility index (Phi) is 3.74. The Labute approximate surface area is 122 Å². The molecule has 2 amide bonds. The molecule has 112 valence electrons. The van der Waals surface area contributed by atoms with Gasteiger partial charge in [0.25, 0.3) is 5.69 Å². The summed E-state index contributed by atoms with van der Waals surface area (Å²) in [5.74, 6) is 1.13. The Morgan fingerprint density at radius 2 is 2.00 bits per heavy atom. The Hall–Kier alpha value is -2.15. The van der Waals surface area contributed by atoms with Gasteiger partial charge in [0.2, 0.25) is 0 Å². The lowest BCUT2D eigenvalue weighted by Crippen LogP contribution is -2.35. The normalized spacial score (nSPS) is 24.5. The number of hydrogen-bond acceptors (Lipinski definition) is 4. The first-order valence-electron chi connectivity index (χ1n) is 7.14. The predicted molar refractivity (Wildman–Crippen MR) is 78.2 cm³/mol. The van der Waals surface area contributed by atoms with Gasteiger partial charge in [-0.2, -0.15) is 0 Å². The second-order valence-corrected chi connectivity index (χ2v) is 5.65. The number of carbonyl (C=O) groups is 1. The van der Waals surface area contributed by atoms with Gasteiger partial charge in [0.05, 0.1) is 4.92 Å². The molecular formula is C14H18N4O3. The Morgan fingerprint density at radius 3 is 2.67 bits per heavy atom. The van der Waals surface area contributed by atoms with Crippen LogP contribution in [-0.2, 0) is 0 Å². The highest BCUT2D eigenvalue weighted by Gasteiger charge is 2.36. The number of carbonyl (C=O) groups excluding carboxylic acids is 1. The summed E-state index contributed by atoms with van der Waals surface area (Å²) < 4.78 is 0. The van der Waals surface area contributed by atoms with Crippen molar-refractivity contribution < 1.29 is 9.72 Å². The number of nitro groups is 1. The first-order chi connectivity index (χ1) is 10.1. The minimum atomic E-state index is -0.455. The van der Waals surface area contributed by atoms with Gasteiger partial charge in [0.15, 0.2) is 0 Å². The van der Waals surface area contributed by atoms with Crippen LogP contribution in [0, 0.1) is 22.0 Å². The number of fused-ring (bicyclic) bond motifs is 1. The van der Waals surface area contributed by atoms with Crippen molar-refractivity contribution in [3.05, 3.63) is 34.4 Å².